The predicted octanol–water partition coefficient (Wildman–Crippen LogP) is 3.12. The van der Waals surface area contributed by atoms with Crippen molar-refractivity contribution in [3.05, 3.63) is 58.6 Å². The second-order valence-electron chi connectivity index (χ2n) is 5.87. The molecule has 0 aromatic heterocycles. The van der Waals surface area contributed by atoms with Gasteiger partial charge in [0.05, 0.1) is 12.8 Å². The van der Waals surface area contributed by atoms with Gasteiger partial charge in [0.1, 0.15) is 19.7 Å². The van der Waals surface area contributed by atoms with Gasteiger partial charge in [-0.15, -0.1) is 0 Å². The van der Waals surface area contributed by atoms with Crippen LogP contribution >= 0.6 is 11.6 Å². The maximum atomic E-state index is 10.8. The van der Waals surface area contributed by atoms with Crippen LogP contribution in [0.4, 0.5) is 0 Å². The Morgan fingerprint density at radius 1 is 1.07 bits per heavy atom. The molecule has 2 aromatic rings. The Bertz CT molecular complexity index is 871. The monoisotopic (exact) mass is 420 g/mol. The molecule has 0 atom stereocenters. The third-order valence-electron chi connectivity index (χ3n) is 3.61. The first-order valence-corrected chi connectivity index (χ1v) is 9.12. The zero-order chi connectivity index (χ0) is 21.2. The normalized spacial score (nSPS) is 10.7. The summed E-state index contributed by atoms with van der Waals surface area (Å²) in [5.74, 6) is -1.37. The quantitative estimate of drug-likeness (QED) is 0.424. The van der Waals surface area contributed by atoms with Crippen molar-refractivity contribution in [3.8, 4) is 11.5 Å². The average molecular weight is 421 g/mol. The molecule has 154 valence electrons. The molecular formula is C20H21ClN2O6. The van der Waals surface area contributed by atoms with Crippen LogP contribution in [0.15, 0.2) is 47.6 Å². The molecule has 29 heavy (non-hydrogen) atoms. The van der Waals surface area contributed by atoms with E-state index >= 15 is 0 Å². The lowest BCUT2D eigenvalue weighted by atomic mass is 10.2. The molecule has 0 aliphatic rings. The minimum atomic E-state index is -1.18. The Hall–Kier alpha value is -3.26. The van der Waals surface area contributed by atoms with Gasteiger partial charge in [-0.25, -0.2) is 0 Å². The van der Waals surface area contributed by atoms with Crippen molar-refractivity contribution >= 4 is 29.8 Å². The highest BCUT2D eigenvalue weighted by Crippen LogP contribution is 2.29. The van der Waals surface area contributed by atoms with Crippen molar-refractivity contribution in [1.82, 2.24) is 5.01 Å². The van der Waals surface area contributed by atoms with Gasteiger partial charge in [0.25, 0.3) is 0 Å². The second-order valence-corrected chi connectivity index (χ2v) is 6.28. The van der Waals surface area contributed by atoms with Crippen molar-refractivity contribution in [3.63, 3.8) is 0 Å². The summed E-state index contributed by atoms with van der Waals surface area (Å²) >= 11 is 6.14. The van der Waals surface area contributed by atoms with Crippen molar-refractivity contribution in [2.24, 2.45) is 5.10 Å². The molecule has 0 fully saturated rings. The highest BCUT2D eigenvalue weighted by Gasteiger charge is 2.11. The lowest BCUT2D eigenvalue weighted by Crippen LogP contribution is -2.30. The number of hydrogen-bond donors (Lipinski definition) is 2. The number of aliphatic carboxylic acids is 2. The zero-order valence-electron chi connectivity index (χ0n) is 15.7. The Balaban J connectivity index is 2.15. The first-order valence-electron chi connectivity index (χ1n) is 8.74. The maximum Gasteiger partial charge on any atom is 0.324 e. The van der Waals surface area contributed by atoms with Gasteiger partial charge < -0.3 is 19.7 Å². The van der Waals surface area contributed by atoms with E-state index < -0.39 is 25.0 Å². The molecule has 0 aliphatic heterocycles. The van der Waals surface area contributed by atoms with Crippen LogP contribution in [0.1, 0.15) is 18.1 Å². The number of hydrazone groups is 1. The third-order valence-corrected chi connectivity index (χ3v) is 3.98. The number of ether oxygens (including phenoxy) is 2. The molecular weight excluding hydrogens is 400 g/mol. The summed E-state index contributed by atoms with van der Waals surface area (Å²) in [6, 6.07) is 12.4. The molecule has 0 amide bonds. The van der Waals surface area contributed by atoms with Gasteiger partial charge in [-0.1, -0.05) is 29.8 Å². The SMILES string of the molecule is CCOc1cc(/C=N\N(CC(=O)O)CC(=O)O)ccc1OCc1ccccc1Cl. The van der Waals surface area contributed by atoms with Crippen LogP contribution in [0.5, 0.6) is 11.5 Å². The smallest absolute Gasteiger partial charge is 0.324 e. The molecule has 2 aromatic carbocycles. The summed E-state index contributed by atoms with van der Waals surface area (Å²) in [6.45, 7) is 1.45. The molecule has 0 heterocycles. The Morgan fingerprint density at radius 3 is 2.38 bits per heavy atom. The second kappa shape index (κ2) is 10.9. The van der Waals surface area contributed by atoms with E-state index in [2.05, 4.69) is 5.10 Å². The van der Waals surface area contributed by atoms with Crippen molar-refractivity contribution in [2.45, 2.75) is 13.5 Å². The Kier molecular flexibility index (Phi) is 8.29. The number of rotatable bonds is 11. The first kappa shape index (κ1) is 22.0. The third kappa shape index (κ3) is 7.34. The van der Waals surface area contributed by atoms with E-state index in [4.69, 9.17) is 31.3 Å². The van der Waals surface area contributed by atoms with Crippen molar-refractivity contribution in [2.75, 3.05) is 19.7 Å². The largest absolute Gasteiger partial charge is 0.490 e. The van der Waals surface area contributed by atoms with E-state index in [1.807, 2.05) is 25.1 Å². The fourth-order valence-electron chi connectivity index (χ4n) is 2.36. The van der Waals surface area contributed by atoms with Crippen molar-refractivity contribution < 1.29 is 29.3 Å². The fraction of sp³-hybridized carbons (Fsp3) is 0.250. The average Bonchev–Trinajstić information content (AvgIpc) is 2.66. The molecule has 2 rings (SSSR count). The van der Waals surface area contributed by atoms with Crippen LogP contribution in [-0.4, -0.2) is 53.1 Å². The highest BCUT2D eigenvalue weighted by molar-refractivity contribution is 6.31. The number of carbonyl (C=O) groups is 2. The van der Waals surface area contributed by atoms with Gasteiger partial charge in [0.15, 0.2) is 11.5 Å². The highest BCUT2D eigenvalue weighted by atomic mass is 35.5. The summed E-state index contributed by atoms with van der Waals surface area (Å²) in [6.07, 6.45) is 1.37. The molecule has 0 spiro atoms. The van der Waals surface area contributed by atoms with Gasteiger partial charge in [0.2, 0.25) is 0 Å². The van der Waals surface area contributed by atoms with E-state index in [1.165, 1.54) is 6.21 Å². The minimum absolute atomic E-state index is 0.262. The van der Waals surface area contributed by atoms with Crippen LogP contribution in [0.2, 0.25) is 5.02 Å². The lowest BCUT2D eigenvalue weighted by Gasteiger charge is -2.15. The standard InChI is InChI=1S/C20H21ClN2O6/c1-2-28-18-9-14(10-22-23(11-19(24)25)12-20(26)27)7-8-17(18)29-13-15-5-3-4-6-16(15)21/h3-10H,2,11-13H2,1H3,(H,24,25)(H,26,27)/b22-10-. The Morgan fingerprint density at radius 2 is 1.76 bits per heavy atom. The molecule has 8 nitrogen and oxygen atoms in total. The van der Waals surface area contributed by atoms with Gasteiger partial charge in [-0.05, 0) is 36.8 Å². The van der Waals surface area contributed by atoms with Crippen LogP contribution in [0.25, 0.3) is 0 Å². The van der Waals surface area contributed by atoms with Crippen LogP contribution in [0.3, 0.4) is 0 Å². The number of carboxylic acid groups (broad SMARTS) is 2. The van der Waals surface area contributed by atoms with Crippen molar-refractivity contribution in [1.29, 1.82) is 0 Å². The minimum Gasteiger partial charge on any atom is -0.490 e. The van der Waals surface area contributed by atoms with Crippen LogP contribution in [0, 0.1) is 0 Å². The van der Waals surface area contributed by atoms with Gasteiger partial charge in [-0.3, -0.25) is 14.6 Å². The molecule has 0 unspecified atom stereocenters. The summed E-state index contributed by atoms with van der Waals surface area (Å²) in [5, 5.41) is 23.2. The summed E-state index contributed by atoms with van der Waals surface area (Å²) in [5.41, 5.74) is 1.43. The van der Waals surface area contributed by atoms with E-state index in [0.717, 1.165) is 10.6 Å². The molecule has 2 N–H and O–H groups in total. The van der Waals surface area contributed by atoms with Gasteiger partial charge >= 0.3 is 11.9 Å². The molecule has 0 bridgehead atoms. The first-order chi connectivity index (χ1) is 13.9. The number of halogens is 1. The number of carboxylic acids is 2. The van der Waals surface area contributed by atoms with Gasteiger partial charge in [0, 0.05) is 10.6 Å². The molecule has 9 heteroatoms. The molecule has 0 radical (unpaired) electrons. The lowest BCUT2D eigenvalue weighted by molar-refractivity contribution is -0.141. The number of benzene rings is 2. The Labute approximate surface area is 172 Å². The van der Waals surface area contributed by atoms with E-state index in [-0.39, 0.29) is 6.61 Å². The fourth-order valence-corrected chi connectivity index (χ4v) is 2.55. The van der Waals surface area contributed by atoms with Gasteiger partial charge in [-0.2, -0.15) is 5.10 Å². The predicted molar refractivity (Wildman–Crippen MR) is 108 cm³/mol. The molecule has 0 saturated heterocycles. The number of nitrogens with zero attached hydrogens (tertiary/aromatic N) is 2. The zero-order valence-corrected chi connectivity index (χ0v) is 16.5. The molecule has 0 aliphatic carbocycles. The topological polar surface area (TPSA) is 109 Å². The maximum absolute atomic E-state index is 10.8. The van der Waals surface area contributed by atoms with E-state index in [9.17, 15) is 9.59 Å². The summed E-state index contributed by atoms with van der Waals surface area (Å²) in [4.78, 5) is 21.7. The van der Waals surface area contributed by atoms with E-state index in [1.54, 1.807) is 24.3 Å². The summed E-state index contributed by atoms with van der Waals surface area (Å²) in [7, 11) is 0. The van der Waals surface area contributed by atoms with Crippen LogP contribution in [-0.2, 0) is 16.2 Å². The number of hydrogen-bond acceptors (Lipinski definition) is 6. The van der Waals surface area contributed by atoms with Crippen LogP contribution < -0.4 is 9.47 Å². The molecule has 0 saturated carbocycles. The summed E-state index contributed by atoms with van der Waals surface area (Å²) < 4.78 is 11.4. The van der Waals surface area contributed by atoms with E-state index in [0.29, 0.717) is 28.7 Å².